The van der Waals surface area contributed by atoms with Gasteiger partial charge in [-0.05, 0) is 0 Å². The van der Waals surface area contributed by atoms with Crippen molar-refractivity contribution in [2.75, 3.05) is 14.2 Å². The first-order valence-electron chi connectivity index (χ1n) is 1.36. The highest BCUT2D eigenvalue weighted by Crippen LogP contribution is 2.18. The second kappa shape index (κ2) is 3.22. The Bertz CT molecular complexity index is 46.8. The maximum Gasteiger partial charge on any atom is 0.368 e. The van der Waals surface area contributed by atoms with Gasteiger partial charge in [0.15, 0.2) is 0 Å². The lowest BCUT2D eigenvalue weighted by Gasteiger charge is -1.85. The van der Waals surface area contributed by atoms with Crippen LogP contribution >= 0.6 is 8.25 Å². The molecule has 0 heterocycles. The molecule has 0 aliphatic rings. The van der Waals surface area contributed by atoms with Crippen LogP contribution in [0, 0.1) is 0 Å². The normalized spacial score (nSPS) is 8.33. The van der Waals surface area contributed by atoms with Gasteiger partial charge >= 0.3 is 8.25 Å². The van der Waals surface area contributed by atoms with Crippen LogP contribution in [0.1, 0.15) is 0 Å². The highest BCUT2D eigenvalue weighted by atomic mass is 31.1. The molecule has 0 spiro atoms. The summed E-state index contributed by atoms with van der Waals surface area (Å²) in [7, 11) is 0.817. The van der Waals surface area contributed by atoms with Gasteiger partial charge in [-0.2, -0.15) is 0 Å². The van der Waals surface area contributed by atoms with Crippen molar-refractivity contribution in [3.05, 3.63) is 0 Å². The molecule has 0 N–H and O–H groups in total. The van der Waals surface area contributed by atoms with Crippen LogP contribution in [0.3, 0.4) is 0 Å². The fourth-order valence-corrected chi connectivity index (χ4v) is 0.224. The van der Waals surface area contributed by atoms with Crippen LogP contribution < -0.4 is 0 Å². The van der Waals surface area contributed by atoms with Crippen LogP contribution in [0.15, 0.2) is 0 Å². The number of hydrogen-bond donors (Lipinski definition) is 0. The zero-order chi connectivity index (χ0) is 4.99. The summed E-state index contributed by atoms with van der Waals surface area (Å²) in [6.07, 6.45) is 0. The van der Waals surface area contributed by atoms with Crippen LogP contribution in [-0.4, -0.2) is 14.2 Å². The van der Waals surface area contributed by atoms with E-state index in [0.29, 0.717) is 0 Å². The molecule has 0 rings (SSSR count). The monoisotopic (exact) mass is 109 g/mol. The van der Waals surface area contributed by atoms with Gasteiger partial charge in [-0.1, -0.05) is 0 Å². The van der Waals surface area contributed by atoms with Crippen molar-refractivity contribution in [2.24, 2.45) is 0 Å². The van der Waals surface area contributed by atoms with Crippen molar-refractivity contribution >= 4 is 8.25 Å². The molecule has 0 atom stereocenters. The van der Waals surface area contributed by atoms with Crippen molar-refractivity contribution in [1.82, 2.24) is 0 Å². The van der Waals surface area contributed by atoms with Gasteiger partial charge in [0, 0.05) is 0 Å². The Morgan fingerprint density at radius 3 is 1.67 bits per heavy atom. The summed E-state index contributed by atoms with van der Waals surface area (Å²) in [6.45, 7) is 0. The van der Waals surface area contributed by atoms with Gasteiger partial charge in [0.25, 0.3) is 0 Å². The van der Waals surface area contributed by atoms with Gasteiger partial charge in [0.2, 0.25) is 0 Å². The topological polar surface area (TPSA) is 35.5 Å². The highest BCUT2D eigenvalue weighted by molar-refractivity contribution is 7.33. The molecule has 3 nitrogen and oxygen atoms in total. The number of rotatable bonds is 2. The lowest BCUT2D eigenvalue weighted by atomic mass is 11.8. The first-order chi connectivity index (χ1) is 2.81. The Labute approximate surface area is 37.2 Å². The number of hydrogen-bond acceptors (Lipinski definition) is 3. The van der Waals surface area contributed by atoms with Gasteiger partial charge in [-0.15, -0.1) is 0 Å². The van der Waals surface area contributed by atoms with Crippen LogP contribution in [0.2, 0.25) is 0 Å². The molecule has 0 aromatic carbocycles. The summed E-state index contributed by atoms with van der Waals surface area (Å²) in [6, 6.07) is 0. The minimum atomic E-state index is -1.83. The van der Waals surface area contributed by atoms with Crippen molar-refractivity contribution < 1.29 is 13.6 Å². The third-order valence-corrected chi connectivity index (χ3v) is 0.894. The fourth-order valence-electron chi connectivity index (χ4n) is 0.0745. The molecule has 37 valence electrons. The maximum atomic E-state index is 9.88. The molecular weight excluding hydrogens is 103 g/mol. The van der Waals surface area contributed by atoms with E-state index >= 15 is 0 Å². The predicted molar refractivity (Wildman–Crippen MR) is 21.6 cm³/mol. The van der Waals surface area contributed by atoms with E-state index < -0.39 is 8.25 Å². The van der Waals surface area contributed by atoms with Crippen LogP contribution in [0.4, 0.5) is 0 Å². The zero-order valence-corrected chi connectivity index (χ0v) is 4.57. The summed E-state index contributed by atoms with van der Waals surface area (Å²) in [4.78, 5) is 0. The van der Waals surface area contributed by atoms with Gasteiger partial charge in [0.1, 0.15) is 0 Å². The van der Waals surface area contributed by atoms with Crippen molar-refractivity contribution in [3.8, 4) is 0 Å². The van der Waals surface area contributed by atoms with E-state index in [-0.39, 0.29) is 0 Å². The van der Waals surface area contributed by atoms with Gasteiger partial charge < -0.3 is 0 Å². The smallest absolute Gasteiger partial charge is 0.286 e. The molecule has 6 heavy (non-hydrogen) atoms. The molecule has 0 amide bonds. The maximum absolute atomic E-state index is 9.88. The van der Waals surface area contributed by atoms with E-state index in [1.807, 2.05) is 0 Å². The third-order valence-electron chi connectivity index (χ3n) is 0.298. The Hall–Kier alpha value is 0.0200. The molecular formula is C2H6O3P. The minimum Gasteiger partial charge on any atom is -0.286 e. The lowest BCUT2D eigenvalue weighted by molar-refractivity contribution is 0.302. The van der Waals surface area contributed by atoms with Gasteiger partial charge in [0.05, 0.1) is 14.2 Å². The third kappa shape index (κ3) is 2.27. The van der Waals surface area contributed by atoms with Crippen LogP contribution in [0.5, 0.6) is 0 Å². The van der Waals surface area contributed by atoms with Crippen LogP contribution in [-0.2, 0) is 13.6 Å². The van der Waals surface area contributed by atoms with E-state index in [4.69, 9.17) is 0 Å². The Balaban J connectivity index is 2.99. The first-order valence-corrected chi connectivity index (χ1v) is 2.46. The molecule has 0 bridgehead atoms. The molecule has 0 saturated heterocycles. The van der Waals surface area contributed by atoms with Crippen molar-refractivity contribution in [3.63, 3.8) is 0 Å². The molecule has 0 fully saturated rings. The second-order valence-corrected chi connectivity index (χ2v) is 1.77. The Morgan fingerprint density at radius 2 is 1.67 bits per heavy atom. The minimum absolute atomic E-state index is 1.32. The average Bonchev–Trinajstić information content (AvgIpc) is 1.65. The van der Waals surface area contributed by atoms with E-state index in [1.165, 1.54) is 14.2 Å². The second-order valence-electron chi connectivity index (χ2n) is 0.589. The molecule has 4 heteroatoms. The highest BCUT2D eigenvalue weighted by Gasteiger charge is 1.86. The van der Waals surface area contributed by atoms with E-state index in [0.717, 1.165) is 0 Å². The SMILES string of the molecule is CO[P](=O)OC. The summed E-state index contributed by atoms with van der Waals surface area (Å²) < 4.78 is 18.3. The summed E-state index contributed by atoms with van der Waals surface area (Å²) in [5, 5.41) is 0. The molecule has 0 saturated carbocycles. The van der Waals surface area contributed by atoms with Crippen molar-refractivity contribution in [2.45, 2.75) is 0 Å². The largest absolute Gasteiger partial charge is 0.368 e. The average molecular weight is 109 g/mol. The van der Waals surface area contributed by atoms with Gasteiger partial charge in [-0.3, -0.25) is 9.05 Å². The Kier molecular flexibility index (Phi) is 3.23. The van der Waals surface area contributed by atoms with E-state index in [2.05, 4.69) is 9.05 Å². The van der Waals surface area contributed by atoms with E-state index in [1.54, 1.807) is 0 Å². The van der Waals surface area contributed by atoms with Gasteiger partial charge in [-0.25, -0.2) is 4.57 Å². The predicted octanol–water partition coefficient (Wildman–Crippen LogP) is 0.937. The Morgan fingerprint density at radius 1 is 1.33 bits per heavy atom. The first kappa shape index (κ1) is 6.02. The molecule has 1 radical (unpaired) electrons. The quantitative estimate of drug-likeness (QED) is 0.495. The van der Waals surface area contributed by atoms with Crippen LogP contribution in [0.25, 0.3) is 0 Å². The fraction of sp³-hybridized carbons (Fsp3) is 1.00. The summed E-state index contributed by atoms with van der Waals surface area (Å²) >= 11 is 0. The molecule has 0 aliphatic heterocycles. The summed E-state index contributed by atoms with van der Waals surface area (Å²) in [5.41, 5.74) is 0. The zero-order valence-electron chi connectivity index (χ0n) is 3.67. The molecule has 0 unspecified atom stereocenters. The van der Waals surface area contributed by atoms with E-state index in [9.17, 15) is 4.57 Å². The standard InChI is InChI=1S/C2H6O3P/c1-4-6(3)5-2/h1-2H3. The summed E-state index contributed by atoms with van der Waals surface area (Å²) in [5.74, 6) is 0. The van der Waals surface area contributed by atoms with Crippen molar-refractivity contribution in [1.29, 1.82) is 0 Å². The molecule has 0 aromatic heterocycles. The molecule has 0 aliphatic carbocycles. The lowest BCUT2D eigenvalue weighted by Crippen LogP contribution is -1.66. The molecule has 0 aromatic rings.